The molecule has 0 aliphatic heterocycles. The Bertz CT molecular complexity index is 610. The van der Waals surface area contributed by atoms with Crippen LogP contribution in [0.5, 0.6) is 0 Å². The molecule has 0 saturated heterocycles. The SMILES string of the molecule is O=C(O)c1ncccc1C1CCc2cccnc21. The summed E-state index contributed by atoms with van der Waals surface area (Å²) in [5.41, 5.74) is 3.11. The lowest BCUT2D eigenvalue weighted by Gasteiger charge is -2.12. The van der Waals surface area contributed by atoms with Gasteiger partial charge in [-0.15, -0.1) is 0 Å². The Morgan fingerprint density at radius 3 is 2.83 bits per heavy atom. The molecule has 0 fully saturated rings. The fourth-order valence-electron chi connectivity index (χ4n) is 2.59. The zero-order valence-corrected chi connectivity index (χ0v) is 9.71. The molecule has 3 rings (SSSR count). The van der Waals surface area contributed by atoms with Gasteiger partial charge in [-0.1, -0.05) is 12.1 Å². The quantitative estimate of drug-likeness (QED) is 0.874. The van der Waals surface area contributed by atoms with Gasteiger partial charge in [0.1, 0.15) is 0 Å². The molecule has 2 aromatic rings. The van der Waals surface area contributed by atoms with Gasteiger partial charge in [0.05, 0.1) is 5.69 Å². The number of hydrogen-bond acceptors (Lipinski definition) is 3. The minimum atomic E-state index is -0.977. The summed E-state index contributed by atoms with van der Waals surface area (Å²) in [6.07, 6.45) is 5.12. The van der Waals surface area contributed by atoms with Gasteiger partial charge in [-0.3, -0.25) is 4.98 Å². The van der Waals surface area contributed by atoms with Crippen LogP contribution in [0.2, 0.25) is 0 Å². The number of carboxylic acids is 1. The zero-order valence-electron chi connectivity index (χ0n) is 9.71. The lowest BCUT2D eigenvalue weighted by molar-refractivity contribution is 0.0689. The topological polar surface area (TPSA) is 63.1 Å². The number of fused-ring (bicyclic) bond motifs is 1. The number of hydrogen-bond donors (Lipinski definition) is 1. The van der Waals surface area contributed by atoms with Crippen LogP contribution in [-0.4, -0.2) is 21.0 Å². The third-order valence-corrected chi connectivity index (χ3v) is 3.38. The fourth-order valence-corrected chi connectivity index (χ4v) is 2.59. The summed E-state index contributed by atoms with van der Waals surface area (Å²) in [5, 5.41) is 9.19. The molecule has 4 nitrogen and oxygen atoms in total. The molecular formula is C14H12N2O2. The summed E-state index contributed by atoms with van der Waals surface area (Å²) in [4.78, 5) is 19.6. The summed E-state index contributed by atoms with van der Waals surface area (Å²) < 4.78 is 0. The number of carbonyl (C=O) groups is 1. The molecule has 1 aliphatic rings. The van der Waals surface area contributed by atoms with Crippen molar-refractivity contribution in [2.24, 2.45) is 0 Å². The summed E-state index contributed by atoms with van der Waals surface area (Å²) >= 11 is 0. The third-order valence-electron chi connectivity index (χ3n) is 3.38. The number of pyridine rings is 2. The van der Waals surface area contributed by atoms with Crippen molar-refractivity contribution in [1.29, 1.82) is 0 Å². The van der Waals surface area contributed by atoms with Gasteiger partial charge in [0.15, 0.2) is 5.69 Å². The second-order valence-corrected chi connectivity index (χ2v) is 4.39. The van der Waals surface area contributed by atoms with E-state index < -0.39 is 5.97 Å². The Balaban J connectivity index is 2.10. The molecule has 2 aromatic heterocycles. The molecule has 1 N–H and O–H groups in total. The molecule has 1 aliphatic carbocycles. The minimum absolute atomic E-state index is 0.0565. The smallest absolute Gasteiger partial charge is 0.354 e. The van der Waals surface area contributed by atoms with Crippen LogP contribution in [0.1, 0.15) is 39.6 Å². The molecule has 18 heavy (non-hydrogen) atoms. The predicted octanol–water partition coefficient (Wildman–Crippen LogP) is 2.25. The second-order valence-electron chi connectivity index (χ2n) is 4.39. The molecule has 4 heteroatoms. The molecule has 1 atom stereocenters. The minimum Gasteiger partial charge on any atom is -0.477 e. The van der Waals surface area contributed by atoms with E-state index in [-0.39, 0.29) is 11.6 Å². The highest BCUT2D eigenvalue weighted by molar-refractivity contribution is 5.87. The predicted molar refractivity (Wildman–Crippen MR) is 65.6 cm³/mol. The van der Waals surface area contributed by atoms with E-state index in [9.17, 15) is 9.90 Å². The van der Waals surface area contributed by atoms with Crippen molar-refractivity contribution < 1.29 is 9.90 Å². The molecule has 90 valence electrons. The van der Waals surface area contributed by atoms with Crippen molar-refractivity contribution in [1.82, 2.24) is 9.97 Å². The first-order valence-electron chi connectivity index (χ1n) is 5.89. The number of aromatic nitrogens is 2. The van der Waals surface area contributed by atoms with Crippen molar-refractivity contribution in [3.05, 3.63) is 59.2 Å². The van der Waals surface area contributed by atoms with Crippen LogP contribution >= 0.6 is 0 Å². The van der Waals surface area contributed by atoms with Crippen LogP contribution in [0.3, 0.4) is 0 Å². The first-order valence-corrected chi connectivity index (χ1v) is 5.89. The van der Waals surface area contributed by atoms with Crippen molar-refractivity contribution >= 4 is 5.97 Å². The van der Waals surface area contributed by atoms with Crippen molar-refractivity contribution in [2.45, 2.75) is 18.8 Å². The van der Waals surface area contributed by atoms with Crippen LogP contribution < -0.4 is 0 Å². The Hall–Kier alpha value is -2.23. The van der Waals surface area contributed by atoms with Gasteiger partial charge in [-0.25, -0.2) is 9.78 Å². The number of aryl methyl sites for hydroxylation is 1. The summed E-state index contributed by atoms with van der Waals surface area (Å²) in [6.45, 7) is 0. The maximum Gasteiger partial charge on any atom is 0.354 e. The molecule has 1 unspecified atom stereocenters. The first kappa shape index (κ1) is 10.9. The Kier molecular flexibility index (Phi) is 2.55. The van der Waals surface area contributed by atoms with Gasteiger partial charge in [0.2, 0.25) is 0 Å². The maximum absolute atomic E-state index is 11.2. The highest BCUT2D eigenvalue weighted by Gasteiger charge is 2.28. The van der Waals surface area contributed by atoms with Crippen LogP contribution in [0.25, 0.3) is 0 Å². The van der Waals surface area contributed by atoms with Crippen molar-refractivity contribution in [2.75, 3.05) is 0 Å². The van der Waals surface area contributed by atoms with E-state index in [1.54, 1.807) is 12.3 Å². The molecule has 0 aromatic carbocycles. The van der Waals surface area contributed by atoms with E-state index in [1.165, 1.54) is 11.8 Å². The van der Waals surface area contributed by atoms with Gasteiger partial charge < -0.3 is 5.11 Å². The molecule has 2 heterocycles. The van der Waals surface area contributed by atoms with Crippen LogP contribution in [-0.2, 0) is 6.42 Å². The molecule has 0 amide bonds. The highest BCUT2D eigenvalue weighted by atomic mass is 16.4. The standard InChI is InChI=1S/C14H12N2O2/c17-14(18)13-10(4-2-8-16-13)11-6-5-9-3-1-7-15-12(9)11/h1-4,7-8,11H,5-6H2,(H,17,18). The molecular weight excluding hydrogens is 228 g/mol. The van der Waals surface area contributed by atoms with Gasteiger partial charge in [-0.2, -0.15) is 0 Å². The van der Waals surface area contributed by atoms with E-state index >= 15 is 0 Å². The summed E-state index contributed by atoms with van der Waals surface area (Å²) in [6, 6.07) is 7.59. The van der Waals surface area contributed by atoms with Crippen LogP contribution in [0.15, 0.2) is 36.7 Å². The maximum atomic E-state index is 11.2. The van der Waals surface area contributed by atoms with Crippen LogP contribution in [0.4, 0.5) is 0 Å². The van der Waals surface area contributed by atoms with E-state index in [4.69, 9.17) is 0 Å². The molecule has 0 spiro atoms. The van der Waals surface area contributed by atoms with E-state index in [0.29, 0.717) is 0 Å². The molecule has 0 bridgehead atoms. The van der Waals surface area contributed by atoms with Crippen molar-refractivity contribution in [3.63, 3.8) is 0 Å². The Morgan fingerprint density at radius 2 is 2.00 bits per heavy atom. The summed E-state index contributed by atoms with van der Waals surface area (Å²) in [5.74, 6) is -0.920. The van der Waals surface area contributed by atoms with Gasteiger partial charge in [0.25, 0.3) is 0 Å². The lowest BCUT2D eigenvalue weighted by atomic mass is 9.95. The second kappa shape index (κ2) is 4.22. The average Bonchev–Trinajstić information content (AvgIpc) is 2.82. The Labute approximate surface area is 104 Å². The average molecular weight is 240 g/mol. The summed E-state index contributed by atoms with van der Waals surface area (Å²) in [7, 11) is 0. The van der Waals surface area contributed by atoms with Crippen molar-refractivity contribution in [3.8, 4) is 0 Å². The monoisotopic (exact) mass is 240 g/mol. The normalized spacial score (nSPS) is 17.4. The van der Waals surface area contributed by atoms with Gasteiger partial charge in [0, 0.05) is 18.3 Å². The lowest BCUT2D eigenvalue weighted by Crippen LogP contribution is -2.09. The molecule has 0 saturated carbocycles. The van der Waals surface area contributed by atoms with E-state index in [0.717, 1.165) is 24.1 Å². The fraction of sp³-hybridized carbons (Fsp3) is 0.214. The number of rotatable bonds is 2. The first-order chi connectivity index (χ1) is 8.77. The van der Waals surface area contributed by atoms with Crippen LogP contribution in [0, 0.1) is 0 Å². The third kappa shape index (κ3) is 1.66. The van der Waals surface area contributed by atoms with Gasteiger partial charge in [-0.05, 0) is 36.1 Å². The molecule has 0 radical (unpaired) electrons. The van der Waals surface area contributed by atoms with E-state index in [2.05, 4.69) is 16.0 Å². The largest absolute Gasteiger partial charge is 0.477 e. The number of carboxylic acid groups (broad SMARTS) is 1. The highest BCUT2D eigenvalue weighted by Crippen LogP contribution is 2.37. The zero-order chi connectivity index (χ0) is 12.5. The van der Waals surface area contributed by atoms with E-state index in [1.807, 2.05) is 12.1 Å². The number of nitrogens with zero attached hydrogens (tertiary/aromatic N) is 2. The Morgan fingerprint density at radius 1 is 1.22 bits per heavy atom. The van der Waals surface area contributed by atoms with Gasteiger partial charge >= 0.3 is 5.97 Å². The number of aromatic carboxylic acids is 1.